The quantitative estimate of drug-likeness (QED) is 0.680. The molecule has 0 fully saturated rings. The Balaban J connectivity index is -0.000000750. The van der Waals surface area contributed by atoms with Gasteiger partial charge in [-0.1, -0.05) is 6.07 Å². The van der Waals surface area contributed by atoms with Crippen molar-refractivity contribution in [1.29, 1.82) is 0 Å². The number of hydrogen-bond donors (Lipinski definition) is 3. The molecule has 0 aliphatic heterocycles. The van der Waals surface area contributed by atoms with E-state index >= 15 is 0 Å². The van der Waals surface area contributed by atoms with E-state index in [9.17, 15) is 14.4 Å². The maximum Gasteiger partial charge on any atom is 2.00 e. The Morgan fingerprint density at radius 3 is 1.50 bits per heavy atom. The van der Waals surface area contributed by atoms with Crippen molar-refractivity contribution < 1.29 is 32.6 Å². The van der Waals surface area contributed by atoms with Gasteiger partial charge in [0.25, 0.3) is 0 Å². The standard InChI is InChI=1S/C9H6O6.Ca.2H/c10-7(11)4-2-1-3-5(8(12)13)6(4)9(14)15;;;/h1-3H,(H,10,11)(H,12,13)(H,14,15);;;/q;+2;2*-1. The average molecular weight is 252 g/mol. The summed E-state index contributed by atoms with van der Waals surface area (Å²) >= 11 is 0. The molecule has 1 aromatic carbocycles. The molecule has 6 nitrogen and oxygen atoms in total. The van der Waals surface area contributed by atoms with E-state index in [1.807, 2.05) is 0 Å². The Hall–Kier alpha value is -1.11. The van der Waals surface area contributed by atoms with Crippen LogP contribution in [-0.2, 0) is 0 Å². The topological polar surface area (TPSA) is 112 Å². The Labute approximate surface area is 122 Å². The van der Waals surface area contributed by atoms with Crippen molar-refractivity contribution in [1.82, 2.24) is 0 Å². The van der Waals surface area contributed by atoms with Gasteiger partial charge in [0.2, 0.25) is 0 Å². The van der Waals surface area contributed by atoms with Gasteiger partial charge in [-0.2, -0.15) is 0 Å². The number of aromatic carboxylic acids is 3. The molecule has 0 spiro atoms. The maximum absolute atomic E-state index is 10.7. The fourth-order valence-electron chi connectivity index (χ4n) is 1.14. The number of rotatable bonds is 3. The molecule has 3 N–H and O–H groups in total. The number of benzene rings is 1. The summed E-state index contributed by atoms with van der Waals surface area (Å²) in [6.45, 7) is 0. The molecule has 0 saturated carbocycles. The minimum Gasteiger partial charge on any atom is -1.00 e. The number of carbonyl (C=O) groups is 3. The van der Waals surface area contributed by atoms with Crippen molar-refractivity contribution in [2.24, 2.45) is 0 Å². The van der Waals surface area contributed by atoms with Crippen LogP contribution in [0.4, 0.5) is 0 Å². The first-order chi connectivity index (χ1) is 6.95. The summed E-state index contributed by atoms with van der Waals surface area (Å²) in [4.78, 5) is 32.0. The summed E-state index contributed by atoms with van der Waals surface area (Å²) < 4.78 is 0. The minimum atomic E-state index is -1.58. The van der Waals surface area contributed by atoms with Crippen molar-refractivity contribution >= 4 is 55.6 Å². The molecule has 1 rings (SSSR count). The Kier molecular flexibility index (Phi) is 5.43. The van der Waals surface area contributed by atoms with E-state index < -0.39 is 34.6 Å². The van der Waals surface area contributed by atoms with E-state index in [0.29, 0.717) is 0 Å². The monoisotopic (exact) mass is 252 g/mol. The zero-order valence-corrected chi connectivity index (χ0v) is 10.2. The van der Waals surface area contributed by atoms with Gasteiger partial charge in [0.05, 0.1) is 16.7 Å². The summed E-state index contributed by atoms with van der Waals surface area (Å²) in [6.07, 6.45) is 0. The first-order valence-corrected chi connectivity index (χ1v) is 3.78. The van der Waals surface area contributed by atoms with Crippen molar-refractivity contribution in [3.05, 3.63) is 34.9 Å². The Morgan fingerprint density at radius 1 is 0.875 bits per heavy atom. The van der Waals surface area contributed by atoms with Crippen molar-refractivity contribution in [3.63, 3.8) is 0 Å². The van der Waals surface area contributed by atoms with Crippen LogP contribution in [0.1, 0.15) is 33.9 Å². The van der Waals surface area contributed by atoms with E-state index in [4.69, 9.17) is 15.3 Å². The van der Waals surface area contributed by atoms with E-state index in [1.165, 1.54) is 6.07 Å². The maximum atomic E-state index is 10.7. The van der Waals surface area contributed by atoms with E-state index in [2.05, 4.69) is 0 Å². The number of carboxylic acid groups (broad SMARTS) is 3. The van der Waals surface area contributed by atoms with Crippen LogP contribution in [-0.4, -0.2) is 71.0 Å². The third-order valence-corrected chi connectivity index (χ3v) is 1.74. The molecule has 0 amide bonds. The van der Waals surface area contributed by atoms with Crippen molar-refractivity contribution in [3.8, 4) is 0 Å². The Morgan fingerprint density at radius 2 is 1.25 bits per heavy atom. The fraction of sp³-hybridized carbons (Fsp3) is 0. The van der Waals surface area contributed by atoms with Gasteiger partial charge in [-0.3, -0.25) is 0 Å². The predicted octanol–water partition coefficient (Wildman–Crippen LogP) is 0.625. The summed E-state index contributed by atoms with van der Waals surface area (Å²) in [5, 5.41) is 26.0. The van der Waals surface area contributed by atoms with Gasteiger partial charge in [-0.15, -0.1) is 0 Å². The van der Waals surface area contributed by atoms with Gasteiger partial charge in [0, 0.05) is 0 Å². The third kappa shape index (κ3) is 2.94. The van der Waals surface area contributed by atoms with Crippen LogP contribution in [0.3, 0.4) is 0 Å². The minimum absolute atomic E-state index is 0. The molecule has 82 valence electrons. The van der Waals surface area contributed by atoms with Gasteiger partial charge >= 0.3 is 55.6 Å². The molecular formula is C9H8CaO6. The van der Waals surface area contributed by atoms with Crippen LogP contribution >= 0.6 is 0 Å². The summed E-state index contributed by atoms with van der Waals surface area (Å²) in [5.74, 6) is -4.53. The summed E-state index contributed by atoms with van der Waals surface area (Å²) in [6, 6.07) is 3.26. The number of hydrogen-bond acceptors (Lipinski definition) is 3. The molecule has 0 heterocycles. The molecular weight excluding hydrogens is 244 g/mol. The van der Waals surface area contributed by atoms with E-state index in [0.717, 1.165) is 12.1 Å². The van der Waals surface area contributed by atoms with Gasteiger partial charge in [-0.25, -0.2) is 14.4 Å². The van der Waals surface area contributed by atoms with Crippen LogP contribution in [0.5, 0.6) is 0 Å². The van der Waals surface area contributed by atoms with Crippen LogP contribution in [0, 0.1) is 0 Å². The molecule has 0 saturated heterocycles. The van der Waals surface area contributed by atoms with Crippen molar-refractivity contribution in [2.45, 2.75) is 0 Å². The Bertz CT molecular complexity index is 430. The average Bonchev–Trinajstić information content (AvgIpc) is 2.16. The molecule has 0 aliphatic rings. The molecule has 0 atom stereocenters. The normalized spacial score (nSPS) is 9.00. The van der Waals surface area contributed by atoms with E-state index in [1.54, 1.807) is 0 Å². The summed E-state index contributed by atoms with van der Waals surface area (Å²) in [7, 11) is 0. The zero-order chi connectivity index (χ0) is 11.6. The second-order valence-electron chi connectivity index (χ2n) is 2.64. The molecule has 0 bridgehead atoms. The van der Waals surface area contributed by atoms with Crippen LogP contribution in [0.15, 0.2) is 18.2 Å². The first kappa shape index (κ1) is 14.9. The SMILES string of the molecule is O=C(O)c1cccc(C(=O)O)c1C(=O)O.[Ca+2].[H-].[H-]. The summed E-state index contributed by atoms with van der Waals surface area (Å²) in [5.41, 5.74) is -1.79. The third-order valence-electron chi connectivity index (χ3n) is 1.74. The van der Waals surface area contributed by atoms with Gasteiger partial charge in [-0.05, 0) is 12.1 Å². The van der Waals surface area contributed by atoms with Gasteiger partial charge < -0.3 is 18.2 Å². The fourth-order valence-corrected chi connectivity index (χ4v) is 1.14. The molecule has 0 aliphatic carbocycles. The van der Waals surface area contributed by atoms with E-state index in [-0.39, 0.29) is 40.6 Å². The molecule has 0 aromatic heterocycles. The predicted molar refractivity (Wildman–Crippen MR) is 55.3 cm³/mol. The second kappa shape index (κ2) is 5.83. The second-order valence-corrected chi connectivity index (χ2v) is 2.64. The zero-order valence-electron chi connectivity index (χ0n) is 10.0. The molecule has 1 aromatic rings. The smallest absolute Gasteiger partial charge is 1.00 e. The van der Waals surface area contributed by atoms with Crippen LogP contribution < -0.4 is 0 Å². The molecule has 7 heteroatoms. The van der Waals surface area contributed by atoms with Crippen molar-refractivity contribution in [2.75, 3.05) is 0 Å². The van der Waals surface area contributed by atoms with Crippen LogP contribution in [0.25, 0.3) is 0 Å². The van der Waals surface area contributed by atoms with Gasteiger partial charge in [0.15, 0.2) is 0 Å². The molecule has 0 unspecified atom stereocenters. The van der Waals surface area contributed by atoms with Crippen LogP contribution in [0.2, 0.25) is 0 Å². The molecule has 16 heavy (non-hydrogen) atoms. The molecule has 0 radical (unpaired) electrons. The number of carboxylic acids is 3. The van der Waals surface area contributed by atoms with Gasteiger partial charge in [0.1, 0.15) is 0 Å². The largest absolute Gasteiger partial charge is 2.00 e. The first-order valence-electron chi connectivity index (χ1n) is 3.78.